The van der Waals surface area contributed by atoms with Gasteiger partial charge in [-0.2, -0.15) is 4.31 Å². The Kier molecular flexibility index (Phi) is 6.22. The summed E-state index contributed by atoms with van der Waals surface area (Å²) in [6.07, 6.45) is 1.16. The number of rotatable bonds is 7. The van der Waals surface area contributed by atoms with Crippen molar-refractivity contribution in [2.24, 2.45) is 0 Å². The molecule has 0 unspecified atom stereocenters. The van der Waals surface area contributed by atoms with E-state index in [1.54, 1.807) is 12.1 Å². The minimum atomic E-state index is -3.66. The Hall–Kier alpha value is -3.27. The van der Waals surface area contributed by atoms with E-state index in [0.29, 0.717) is 10.6 Å². The van der Waals surface area contributed by atoms with Gasteiger partial charge in [0.15, 0.2) is 0 Å². The minimum Gasteiger partial charge on any atom is -0.347 e. The molecule has 0 radical (unpaired) electrons. The zero-order valence-corrected chi connectivity index (χ0v) is 18.7. The number of hydrogen-bond donors (Lipinski definition) is 2. The fraction of sp³-hybridized carbons (Fsp3) is 0.130. The number of amides is 2. The highest BCUT2D eigenvalue weighted by Crippen LogP contribution is 2.27. The van der Waals surface area contributed by atoms with Crippen LogP contribution in [0.4, 0.5) is 5.69 Å². The van der Waals surface area contributed by atoms with Gasteiger partial charge >= 0.3 is 0 Å². The molecule has 4 rings (SSSR count). The maximum absolute atomic E-state index is 12.7. The quantitative estimate of drug-likeness (QED) is 0.521. The van der Waals surface area contributed by atoms with E-state index in [4.69, 9.17) is 0 Å². The summed E-state index contributed by atoms with van der Waals surface area (Å²) in [6.45, 7) is 3.80. The second-order valence-electron chi connectivity index (χ2n) is 7.28. The number of benzene rings is 2. The van der Waals surface area contributed by atoms with Crippen molar-refractivity contribution in [2.45, 2.75) is 10.9 Å². The largest absolute Gasteiger partial charge is 0.347 e. The number of anilines is 1. The molecular weight excluding hydrogens is 446 g/mol. The SMILES string of the molecule is C=CC(=O)NC1CN(S(=O)(=O)c2ccc(NC(=O)c3cc(-c4ccccc4)cs3)cc2)C1. The average molecular weight is 468 g/mol. The second kappa shape index (κ2) is 9.07. The van der Waals surface area contributed by atoms with Crippen molar-refractivity contribution in [3.8, 4) is 11.1 Å². The van der Waals surface area contributed by atoms with E-state index in [2.05, 4.69) is 17.2 Å². The topological polar surface area (TPSA) is 95.6 Å². The van der Waals surface area contributed by atoms with E-state index in [0.717, 1.165) is 17.2 Å². The lowest BCUT2D eigenvalue weighted by Crippen LogP contribution is -2.60. The van der Waals surface area contributed by atoms with E-state index in [1.807, 2.05) is 41.8 Å². The molecule has 2 aromatic carbocycles. The van der Waals surface area contributed by atoms with Crippen LogP contribution in [0.1, 0.15) is 9.67 Å². The Morgan fingerprint density at radius 1 is 1.03 bits per heavy atom. The van der Waals surface area contributed by atoms with Crippen molar-refractivity contribution in [3.05, 3.63) is 83.6 Å². The van der Waals surface area contributed by atoms with Crippen LogP contribution < -0.4 is 10.6 Å². The van der Waals surface area contributed by atoms with Crippen molar-refractivity contribution in [3.63, 3.8) is 0 Å². The van der Waals surface area contributed by atoms with Gasteiger partial charge in [-0.05, 0) is 52.9 Å². The molecule has 0 aliphatic carbocycles. The molecule has 0 spiro atoms. The van der Waals surface area contributed by atoms with Crippen molar-refractivity contribution < 1.29 is 18.0 Å². The number of nitrogens with one attached hydrogen (secondary N) is 2. The first-order valence-electron chi connectivity index (χ1n) is 9.85. The van der Waals surface area contributed by atoms with Crippen molar-refractivity contribution in [2.75, 3.05) is 18.4 Å². The monoisotopic (exact) mass is 467 g/mol. The molecule has 1 fully saturated rings. The van der Waals surface area contributed by atoms with Crippen molar-refractivity contribution >= 4 is 38.9 Å². The standard InChI is InChI=1S/C23H21N3O4S2/c1-2-22(27)24-19-13-26(14-19)32(29,30)20-10-8-18(9-11-20)25-23(28)21-12-17(15-31-21)16-6-4-3-5-7-16/h2-12,15,19H,1,13-14H2,(H,24,27)(H,25,28). The summed E-state index contributed by atoms with van der Waals surface area (Å²) in [4.78, 5) is 24.6. The molecule has 32 heavy (non-hydrogen) atoms. The third-order valence-electron chi connectivity index (χ3n) is 5.06. The molecule has 1 aromatic heterocycles. The van der Waals surface area contributed by atoms with Crippen LogP contribution in [0.3, 0.4) is 0 Å². The van der Waals surface area contributed by atoms with Crippen LogP contribution in [0.2, 0.25) is 0 Å². The van der Waals surface area contributed by atoms with Gasteiger partial charge < -0.3 is 10.6 Å². The zero-order chi connectivity index (χ0) is 22.7. The van der Waals surface area contributed by atoms with Gasteiger partial charge in [-0.25, -0.2) is 8.42 Å². The van der Waals surface area contributed by atoms with Crippen LogP contribution in [0.5, 0.6) is 0 Å². The first-order valence-corrected chi connectivity index (χ1v) is 12.2. The molecule has 1 aliphatic rings. The molecule has 7 nitrogen and oxygen atoms in total. The summed E-state index contributed by atoms with van der Waals surface area (Å²) in [7, 11) is -3.66. The second-order valence-corrected chi connectivity index (χ2v) is 10.1. The van der Waals surface area contributed by atoms with Gasteiger partial charge in [0.05, 0.1) is 15.8 Å². The van der Waals surface area contributed by atoms with Crippen LogP contribution in [-0.4, -0.2) is 43.7 Å². The van der Waals surface area contributed by atoms with E-state index >= 15 is 0 Å². The highest BCUT2D eigenvalue weighted by atomic mass is 32.2. The normalized spacial score (nSPS) is 14.4. The van der Waals surface area contributed by atoms with Crippen molar-refractivity contribution in [1.29, 1.82) is 0 Å². The molecule has 0 bridgehead atoms. The molecule has 3 aromatic rings. The van der Waals surface area contributed by atoms with Crippen molar-refractivity contribution in [1.82, 2.24) is 9.62 Å². The Morgan fingerprint density at radius 3 is 2.38 bits per heavy atom. The van der Waals surface area contributed by atoms with Gasteiger partial charge in [-0.3, -0.25) is 9.59 Å². The van der Waals surface area contributed by atoms with E-state index in [-0.39, 0.29) is 35.8 Å². The molecule has 9 heteroatoms. The number of carbonyl (C=O) groups excluding carboxylic acids is 2. The molecule has 1 saturated heterocycles. The number of hydrogen-bond acceptors (Lipinski definition) is 5. The Bertz CT molecular complexity index is 1250. The maximum Gasteiger partial charge on any atom is 0.265 e. The molecule has 2 N–H and O–H groups in total. The fourth-order valence-corrected chi connectivity index (χ4v) is 5.62. The first kappa shape index (κ1) is 21.9. The zero-order valence-electron chi connectivity index (χ0n) is 17.0. The smallest absolute Gasteiger partial charge is 0.265 e. The Labute approximate surface area is 190 Å². The lowest BCUT2D eigenvalue weighted by molar-refractivity contribution is -0.117. The predicted molar refractivity (Wildman–Crippen MR) is 125 cm³/mol. The van der Waals surface area contributed by atoms with Crippen LogP contribution in [-0.2, 0) is 14.8 Å². The van der Waals surface area contributed by atoms with Crippen LogP contribution in [0, 0.1) is 0 Å². The van der Waals surface area contributed by atoms with E-state index in [9.17, 15) is 18.0 Å². The Balaban J connectivity index is 1.38. The number of carbonyl (C=O) groups is 2. The maximum atomic E-state index is 12.7. The molecule has 0 atom stereocenters. The minimum absolute atomic E-state index is 0.131. The Morgan fingerprint density at radius 2 is 1.72 bits per heavy atom. The van der Waals surface area contributed by atoms with Gasteiger partial charge in [-0.15, -0.1) is 11.3 Å². The van der Waals surface area contributed by atoms with Gasteiger partial charge in [-0.1, -0.05) is 36.9 Å². The highest BCUT2D eigenvalue weighted by Gasteiger charge is 2.37. The number of nitrogens with zero attached hydrogens (tertiary/aromatic N) is 1. The molecular formula is C23H21N3O4S2. The number of sulfonamides is 1. The van der Waals surface area contributed by atoms with Crippen LogP contribution in [0.15, 0.2) is 83.6 Å². The summed E-state index contributed by atoms with van der Waals surface area (Å²) >= 11 is 1.35. The molecule has 164 valence electrons. The molecule has 2 amide bonds. The number of thiophene rings is 1. The first-order chi connectivity index (χ1) is 15.4. The predicted octanol–water partition coefficient (Wildman–Crippen LogP) is 3.34. The lowest BCUT2D eigenvalue weighted by atomic mass is 10.1. The van der Waals surface area contributed by atoms with Gasteiger partial charge in [0.2, 0.25) is 15.9 Å². The summed E-state index contributed by atoms with van der Waals surface area (Å²) in [6, 6.07) is 17.5. The third-order valence-corrected chi connectivity index (χ3v) is 7.83. The lowest BCUT2D eigenvalue weighted by Gasteiger charge is -2.38. The van der Waals surface area contributed by atoms with Crippen LogP contribution >= 0.6 is 11.3 Å². The van der Waals surface area contributed by atoms with Gasteiger partial charge in [0.1, 0.15) is 0 Å². The summed E-state index contributed by atoms with van der Waals surface area (Å²) < 4.78 is 26.7. The summed E-state index contributed by atoms with van der Waals surface area (Å²) in [5.74, 6) is -0.579. The van der Waals surface area contributed by atoms with E-state index in [1.165, 1.54) is 27.8 Å². The van der Waals surface area contributed by atoms with E-state index < -0.39 is 10.0 Å². The van der Waals surface area contributed by atoms with Gasteiger partial charge in [0.25, 0.3) is 5.91 Å². The summed E-state index contributed by atoms with van der Waals surface area (Å²) in [5, 5.41) is 7.40. The van der Waals surface area contributed by atoms with Gasteiger partial charge in [0, 0.05) is 18.8 Å². The average Bonchev–Trinajstić information content (AvgIpc) is 3.27. The molecule has 0 saturated carbocycles. The molecule has 1 aliphatic heterocycles. The van der Waals surface area contributed by atoms with Crippen LogP contribution in [0.25, 0.3) is 11.1 Å². The fourth-order valence-electron chi connectivity index (χ4n) is 3.28. The molecule has 2 heterocycles. The highest BCUT2D eigenvalue weighted by molar-refractivity contribution is 7.89. The third kappa shape index (κ3) is 4.64. The summed E-state index contributed by atoms with van der Waals surface area (Å²) in [5.41, 5.74) is 2.51.